The van der Waals surface area contributed by atoms with E-state index in [1.54, 1.807) is 0 Å². The molecule has 0 amide bonds. The van der Waals surface area contributed by atoms with E-state index in [4.69, 9.17) is 9.47 Å². The van der Waals surface area contributed by atoms with E-state index >= 15 is 0 Å². The maximum Gasteiger partial charge on any atom is 0.184 e. The maximum atomic E-state index is 5.75. The van der Waals surface area contributed by atoms with Crippen molar-refractivity contribution in [1.82, 2.24) is 4.90 Å². The van der Waals surface area contributed by atoms with Gasteiger partial charge in [-0.05, 0) is 44.0 Å². The summed E-state index contributed by atoms with van der Waals surface area (Å²) in [5.41, 5.74) is 2.33. The van der Waals surface area contributed by atoms with Gasteiger partial charge < -0.3 is 14.8 Å². The summed E-state index contributed by atoms with van der Waals surface area (Å²) in [6.45, 7) is 14.6. The van der Waals surface area contributed by atoms with Gasteiger partial charge in [0.25, 0.3) is 0 Å². The van der Waals surface area contributed by atoms with Gasteiger partial charge in [-0.2, -0.15) is 0 Å². The average molecular weight is 316 g/mol. The first-order valence-electron chi connectivity index (χ1n) is 8.39. The average Bonchev–Trinajstić information content (AvgIpc) is 2.55. The second kappa shape index (κ2) is 9.26. The van der Waals surface area contributed by atoms with Crippen LogP contribution in [0.3, 0.4) is 0 Å². The van der Waals surface area contributed by atoms with Crippen LogP contribution in [0, 0.1) is 0 Å². The van der Waals surface area contributed by atoms with Crippen molar-refractivity contribution < 1.29 is 9.47 Å². The highest BCUT2D eigenvalue weighted by molar-refractivity contribution is 5.66. The SMILES string of the molecule is C=CCN(CC=C)CCCc1cc2c(c(OCC)c1)OCCN2. The fourth-order valence-electron chi connectivity index (χ4n) is 2.81. The molecule has 1 aromatic rings. The van der Waals surface area contributed by atoms with Crippen LogP contribution < -0.4 is 14.8 Å². The molecule has 0 fully saturated rings. The summed E-state index contributed by atoms with van der Waals surface area (Å²) in [7, 11) is 0. The van der Waals surface area contributed by atoms with E-state index in [1.165, 1.54) is 5.56 Å². The fourth-order valence-corrected chi connectivity index (χ4v) is 2.81. The monoisotopic (exact) mass is 316 g/mol. The van der Waals surface area contributed by atoms with Gasteiger partial charge in [0, 0.05) is 19.6 Å². The van der Waals surface area contributed by atoms with Crippen molar-refractivity contribution >= 4 is 5.69 Å². The Morgan fingerprint density at radius 2 is 2.09 bits per heavy atom. The predicted molar refractivity (Wildman–Crippen MR) is 96.8 cm³/mol. The molecule has 0 bridgehead atoms. The van der Waals surface area contributed by atoms with E-state index in [2.05, 4.69) is 35.5 Å². The van der Waals surface area contributed by atoms with Gasteiger partial charge >= 0.3 is 0 Å². The van der Waals surface area contributed by atoms with Gasteiger partial charge in [0.05, 0.1) is 12.3 Å². The first-order valence-corrected chi connectivity index (χ1v) is 8.39. The highest BCUT2D eigenvalue weighted by atomic mass is 16.5. The van der Waals surface area contributed by atoms with Gasteiger partial charge in [0.1, 0.15) is 6.61 Å². The van der Waals surface area contributed by atoms with Gasteiger partial charge in [0.15, 0.2) is 11.5 Å². The molecule has 1 aliphatic rings. The Morgan fingerprint density at radius 1 is 1.30 bits per heavy atom. The lowest BCUT2D eigenvalue weighted by Crippen LogP contribution is -2.25. The normalized spacial score (nSPS) is 13.0. The zero-order chi connectivity index (χ0) is 16.5. The van der Waals surface area contributed by atoms with Crippen LogP contribution in [-0.2, 0) is 6.42 Å². The van der Waals surface area contributed by atoms with Gasteiger partial charge in [-0.1, -0.05) is 12.2 Å². The first kappa shape index (κ1) is 17.4. The van der Waals surface area contributed by atoms with Crippen molar-refractivity contribution in [2.75, 3.05) is 44.7 Å². The molecule has 23 heavy (non-hydrogen) atoms. The van der Waals surface area contributed by atoms with E-state index in [0.717, 1.165) is 56.2 Å². The zero-order valence-corrected chi connectivity index (χ0v) is 14.1. The highest BCUT2D eigenvalue weighted by Gasteiger charge is 2.17. The number of ether oxygens (including phenoxy) is 2. The van der Waals surface area contributed by atoms with Gasteiger partial charge in [-0.15, -0.1) is 13.2 Å². The van der Waals surface area contributed by atoms with E-state index < -0.39 is 0 Å². The van der Waals surface area contributed by atoms with Crippen molar-refractivity contribution in [3.05, 3.63) is 43.0 Å². The molecule has 1 heterocycles. The van der Waals surface area contributed by atoms with Crippen LogP contribution in [-0.4, -0.2) is 44.3 Å². The minimum absolute atomic E-state index is 0.645. The standard InChI is InChI=1S/C19H28N2O2/c1-4-10-21(11-5-2)12-7-8-16-14-17-19(23-13-9-20-17)18(15-16)22-6-3/h4-5,14-15,20H,1-2,6-13H2,3H3. The van der Waals surface area contributed by atoms with Crippen LogP contribution in [0.5, 0.6) is 11.5 Å². The number of nitrogens with zero attached hydrogens (tertiary/aromatic N) is 1. The quantitative estimate of drug-likeness (QED) is 0.670. The summed E-state index contributed by atoms with van der Waals surface area (Å²) < 4.78 is 11.5. The number of anilines is 1. The Morgan fingerprint density at radius 3 is 2.78 bits per heavy atom. The van der Waals surface area contributed by atoms with Crippen molar-refractivity contribution in [3.63, 3.8) is 0 Å². The smallest absolute Gasteiger partial charge is 0.184 e. The first-order chi connectivity index (χ1) is 11.3. The molecule has 0 saturated heterocycles. The Bertz CT molecular complexity index is 518. The van der Waals surface area contributed by atoms with Crippen LogP contribution in [0.15, 0.2) is 37.4 Å². The molecule has 0 spiro atoms. The largest absolute Gasteiger partial charge is 0.490 e. The molecule has 0 aliphatic carbocycles. The molecule has 1 N–H and O–H groups in total. The van der Waals surface area contributed by atoms with E-state index in [-0.39, 0.29) is 0 Å². The molecule has 4 heteroatoms. The van der Waals surface area contributed by atoms with Crippen LogP contribution >= 0.6 is 0 Å². The molecule has 1 aromatic carbocycles. The third-order valence-electron chi connectivity index (χ3n) is 3.79. The van der Waals surface area contributed by atoms with Crippen molar-refractivity contribution in [3.8, 4) is 11.5 Å². The summed E-state index contributed by atoms with van der Waals surface area (Å²) in [6, 6.07) is 4.29. The zero-order valence-electron chi connectivity index (χ0n) is 14.1. The number of nitrogens with one attached hydrogen (secondary N) is 1. The third-order valence-corrected chi connectivity index (χ3v) is 3.79. The Balaban J connectivity index is 2.00. The number of hydrogen-bond donors (Lipinski definition) is 1. The molecule has 0 radical (unpaired) electrons. The Hall–Kier alpha value is -1.94. The molecule has 0 unspecified atom stereocenters. The van der Waals surface area contributed by atoms with E-state index in [9.17, 15) is 0 Å². The number of rotatable bonds is 10. The van der Waals surface area contributed by atoms with Gasteiger partial charge in [-0.25, -0.2) is 0 Å². The van der Waals surface area contributed by atoms with Crippen LogP contribution in [0.4, 0.5) is 5.69 Å². The molecule has 0 aromatic heterocycles. The summed E-state index contributed by atoms with van der Waals surface area (Å²) >= 11 is 0. The highest BCUT2D eigenvalue weighted by Crippen LogP contribution is 2.38. The van der Waals surface area contributed by atoms with Gasteiger partial charge in [0.2, 0.25) is 0 Å². The summed E-state index contributed by atoms with van der Waals surface area (Å²) in [5, 5.41) is 3.40. The van der Waals surface area contributed by atoms with Gasteiger partial charge in [-0.3, -0.25) is 4.90 Å². The number of benzene rings is 1. The van der Waals surface area contributed by atoms with Crippen molar-refractivity contribution in [1.29, 1.82) is 0 Å². The summed E-state index contributed by atoms with van der Waals surface area (Å²) in [5.74, 6) is 1.70. The molecule has 0 saturated carbocycles. The van der Waals surface area contributed by atoms with E-state index in [1.807, 2.05) is 19.1 Å². The van der Waals surface area contributed by atoms with Crippen molar-refractivity contribution in [2.24, 2.45) is 0 Å². The number of fused-ring (bicyclic) bond motifs is 1. The third kappa shape index (κ3) is 5.03. The molecule has 0 atom stereocenters. The fraction of sp³-hybridized carbons (Fsp3) is 0.474. The van der Waals surface area contributed by atoms with Crippen LogP contribution in [0.25, 0.3) is 0 Å². The summed E-state index contributed by atoms with van der Waals surface area (Å²) in [4.78, 5) is 2.34. The molecule has 1 aliphatic heterocycles. The number of hydrogen-bond acceptors (Lipinski definition) is 4. The molecule has 2 rings (SSSR count). The topological polar surface area (TPSA) is 33.7 Å². The predicted octanol–water partition coefficient (Wildman–Crippen LogP) is 3.50. The lowest BCUT2D eigenvalue weighted by molar-refractivity contribution is 0.278. The Kier molecular flexibility index (Phi) is 7.01. The minimum Gasteiger partial charge on any atom is -0.490 e. The molecule has 126 valence electrons. The second-order valence-electron chi connectivity index (χ2n) is 5.62. The molecular formula is C19H28N2O2. The molecule has 4 nitrogen and oxygen atoms in total. The lowest BCUT2D eigenvalue weighted by Gasteiger charge is -2.23. The Labute approximate surface area is 139 Å². The van der Waals surface area contributed by atoms with Crippen LogP contribution in [0.1, 0.15) is 18.9 Å². The molecular weight excluding hydrogens is 288 g/mol. The minimum atomic E-state index is 0.645. The van der Waals surface area contributed by atoms with Crippen molar-refractivity contribution in [2.45, 2.75) is 19.8 Å². The van der Waals surface area contributed by atoms with E-state index in [0.29, 0.717) is 13.2 Å². The summed E-state index contributed by atoms with van der Waals surface area (Å²) in [6.07, 6.45) is 5.99. The number of aryl methyl sites for hydroxylation is 1. The second-order valence-corrected chi connectivity index (χ2v) is 5.62. The van der Waals surface area contributed by atoms with Crippen LogP contribution in [0.2, 0.25) is 0 Å². The lowest BCUT2D eigenvalue weighted by atomic mass is 10.1. The maximum absolute atomic E-state index is 5.75.